The van der Waals surface area contributed by atoms with Gasteiger partial charge in [0.15, 0.2) is 0 Å². The molecule has 1 aliphatic rings. The summed E-state index contributed by atoms with van der Waals surface area (Å²) in [6, 6.07) is 0. The Kier molecular flexibility index (Phi) is 35.5. The number of carbonyl (C=O) groups is 4. The number of imide groups is 1. The molecule has 384 valence electrons. The Morgan fingerprint density at radius 3 is 1.07 bits per heavy atom. The van der Waals surface area contributed by atoms with Crippen LogP contribution >= 0.6 is 0 Å². The second-order valence-corrected chi connectivity index (χ2v) is 13.8. The van der Waals surface area contributed by atoms with Crippen LogP contribution in [-0.2, 0) is 76.0 Å². The molecule has 0 atom stereocenters. The number of hydrogen-bond donors (Lipinski definition) is 1. The molecule has 1 aromatic carbocycles. The third-order valence-electron chi connectivity index (χ3n) is 8.68. The summed E-state index contributed by atoms with van der Waals surface area (Å²) in [7, 11) is 0. The Hall–Kier alpha value is -3.79. The average molecular weight is 977 g/mol. The first kappa shape index (κ1) is 59.3. The number of nitrogens with zero attached hydrogens (tertiary/aromatic N) is 1. The van der Waals surface area contributed by atoms with Gasteiger partial charge in [0.1, 0.15) is 0 Å². The second kappa shape index (κ2) is 40.1. The lowest BCUT2D eigenvalue weighted by molar-refractivity contribution is -0.137. The van der Waals surface area contributed by atoms with Crippen LogP contribution in [0.25, 0.3) is 0 Å². The van der Waals surface area contributed by atoms with E-state index < -0.39 is 47.2 Å². The molecule has 0 fully saturated rings. The number of benzene rings is 1. The summed E-state index contributed by atoms with van der Waals surface area (Å²) < 4.78 is 136. The third kappa shape index (κ3) is 29.7. The highest BCUT2D eigenvalue weighted by atomic mass is 19.2. The number of unbranched alkanes of at least 4 members (excludes halogenated alkanes) is 2. The van der Waals surface area contributed by atoms with Gasteiger partial charge in [-0.3, -0.25) is 24.1 Å². The zero-order valence-electron chi connectivity index (χ0n) is 37.9. The molecule has 1 aromatic rings. The second-order valence-electron chi connectivity index (χ2n) is 13.8. The molecular weight excluding hydrogens is 911 g/mol. The maximum Gasteiger partial charge on any atom is 0.313 e. The lowest BCUT2D eigenvalue weighted by Crippen LogP contribution is -2.31. The van der Waals surface area contributed by atoms with E-state index in [0.29, 0.717) is 164 Å². The standard InChI is InChI=1S/C43H65F5N2O17/c44-38-39(45)41(47)43(42(48)40(38)46)67-37(54)7-10-55-12-14-57-16-18-59-20-22-61-24-26-63-28-30-65-32-33-66-31-29-64-27-25-62-23-21-60-19-17-58-15-13-56-11-8-49-34(51)4-2-1-3-9-50-35(52)5-6-36(50)53/h5-6H,1-4,7-33H2,(H,49,51). The van der Waals surface area contributed by atoms with E-state index in [2.05, 4.69) is 10.1 Å². The number of rotatable bonds is 46. The fourth-order valence-corrected chi connectivity index (χ4v) is 5.25. The SMILES string of the molecule is O=C(CCCCCN1C(=O)C=CC1=O)NCCOCCOCCOCCOCCOCCOCCOCCOCCOCCOCCOCCOCCC(=O)Oc1c(F)c(F)c(F)c(F)c1F. The molecule has 1 aliphatic heterocycles. The first-order valence-corrected chi connectivity index (χ1v) is 22.1. The highest BCUT2D eigenvalue weighted by molar-refractivity contribution is 6.12. The van der Waals surface area contributed by atoms with Gasteiger partial charge in [-0.15, -0.1) is 0 Å². The molecule has 0 aromatic heterocycles. The van der Waals surface area contributed by atoms with E-state index >= 15 is 0 Å². The zero-order chi connectivity index (χ0) is 48.6. The van der Waals surface area contributed by atoms with Crippen molar-refractivity contribution in [1.29, 1.82) is 0 Å². The summed E-state index contributed by atoms with van der Waals surface area (Å²) in [5.41, 5.74) is 0. The van der Waals surface area contributed by atoms with Crippen molar-refractivity contribution >= 4 is 23.7 Å². The Morgan fingerprint density at radius 2 is 0.716 bits per heavy atom. The van der Waals surface area contributed by atoms with Gasteiger partial charge in [0, 0.05) is 31.7 Å². The third-order valence-corrected chi connectivity index (χ3v) is 8.68. The minimum absolute atomic E-state index is 0.0613. The van der Waals surface area contributed by atoms with Crippen LogP contribution in [0.5, 0.6) is 5.75 Å². The maximum absolute atomic E-state index is 13.6. The topological polar surface area (TPSA) is 204 Å². The molecule has 67 heavy (non-hydrogen) atoms. The van der Waals surface area contributed by atoms with E-state index in [9.17, 15) is 41.1 Å². The van der Waals surface area contributed by atoms with Crippen molar-refractivity contribution in [2.45, 2.75) is 32.1 Å². The fourth-order valence-electron chi connectivity index (χ4n) is 5.25. The molecule has 19 nitrogen and oxygen atoms in total. The first-order valence-electron chi connectivity index (χ1n) is 22.1. The van der Waals surface area contributed by atoms with Gasteiger partial charge in [-0.1, -0.05) is 6.42 Å². The van der Waals surface area contributed by atoms with E-state index in [1.165, 1.54) is 17.1 Å². The maximum atomic E-state index is 13.6. The van der Waals surface area contributed by atoms with Crippen LogP contribution in [0.3, 0.4) is 0 Å². The van der Waals surface area contributed by atoms with Crippen molar-refractivity contribution in [3.05, 3.63) is 41.2 Å². The van der Waals surface area contributed by atoms with Crippen molar-refractivity contribution < 1.29 is 103 Å². The molecule has 0 saturated carbocycles. The molecule has 0 unspecified atom stereocenters. The van der Waals surface area contributed by atoms with Crippen LogP contribution < -0.4 is 10.1 Å². The molecule has 2 rings (SSSR count). The molecule has 0 aliphatic carbocycles. The van der Waals surface area contributed by atoms with Crippen molar-refractivity contribution in [2.24, 2.45) is 0 Å². The first-order chi connectivity index (χ1) is 32.6. The smallest absolute Gasteiger partial charge is 0.313 e. The van der Waals surface area contributed by atoms with Gasteiger partial charge in [0.05, 0.1) is 165 Å². The summed E-state index contributed by atoms with van der Waals surface area (Å²) >= 11 is 0. The van der Waals surface area contributed by atoms with Crippen molar-refractivity contribution in [1.82, 2.24) is 10.2 Å². The molecule has 0 saturated heterocycles. The van der Waals surface area contributed by atoms with Crippen LogP contribution in [0.2, 0.25) is 0 Å². The summed E-state index contributed by atoms with van der Waals surface area (Å²) in [5, 5.41) is 2.80. The quantitative estimate of drug-likeness (QED) is 0.0190. The summed E-state index contributed by atoms with van der Waals surface area (Å²) in [6.45, 7) is 9.16. The summed E-state index contributed by atoms with van der Waals surface area (Å²) in [5.74, 6) is -14.8. The van der Waals surface area contributed by atoms with E-state index in [4.69, 9.17) is 56.8 Å². The van der Waals surface area contributed by atoms with E-state index in [-0.39, 0.29) is 44.1 Å². The predicted octanol–water partition coefficient (Wildman–Crippen LogP) is 2.48. The number of nitrogens with one attached hydrogen (secondary N) is 1. The highest BCUT2D eigenvalue weighted by Gasteiger charge is 2.28. The number of hydrogen-bond acceptors (Lipinski definition) is 17. The summed E-state index contributed by atoms with van der Waals surface area (Å²) in [6.07, 6.45) is 4.51. The van der Waals surface area contributed by atoms with Gasteiger partial charge in [0.25, 0.3) is 11.8 Å². The molecule has 3 amide bonds. The van der Waals surface area contributed by atoms with Crippen LogP contribution in [-0.4, -0.2) is 200 Å². The lowest BCUT2D eigenvalue weighted by atomic mass is 10.2. The number of ether oxygens (including phenoxy) is 13. The van der Waals surface area contributed by atoms with Gasteiger partial charge in [-0.05, 0) is 12.8 Å². The van der Waals surface area contributed by atoms with Crippen molar-refractivity contribution in [2.75, 3.05) is 172 Å². The zero-order valence-corrected chi connectivity index (χ0v) is 37.9. The number of carbonyl (C=O) groups excluding carboxylic acids is 4. The van der Waals surface area contributed by atoms with E-state index in [1.807, 2.05) is 0 Å². The van der Waals surface area contributed by atoms with Crippen molar-refractivity contribution in [3.63, 3.8) is 0 Å². The number of amides is 3. The van der Waals surface area contributed by atoms with Gasteiger partial charge >= 0.3 is 5.97 Å². The molecular formula is C43H65F5N2O17. The van der Waals surface area contributed by atoms with Crippen LogP contribution in [0.1, 0.15) is 32.1 Å². The van der Waals surface area contributed by atoms with Gasteiger partial charge in [-0.25, -0.2) is 13.2 Å². The number of esters is 1. The fraction of sp³-hybridized carbons (Fsp3) is 0.721. The lowest BCUT2D eigenvalue weighted by Gasteiger charge is -2.13. The minimum Gasteiger partial charge on any atom is -0.420 e. The summed E-state index contributed by atoms with van der Waals surface area (Å²) in [4.78, 5) is 47.8. The van der Waals surface area contributed by atoms with Gasteiger partial charge < -0.3 is 66.9 Å². The molecule has 0 spiro atoms. The van der Waals surface area contributed by atoms with Crippen molar-refractivity contribution in [3.8, 4) is 5.75 Å². The largest absolute Gasteiger partial charge is 0.420 e. The minimum atomic E-state index is -2.36. The Labute approximate surface area is 386 Å². The van der Waals surface area contributed by atoms with Crippen LogP contribution in [0.4, 0.5) is 22.0 Å². The Bertz CT molecular complexity index is 1500. The van der Waals surface area contributed by atoms with E-state index in [1.54, 1.807) is 0 Å². The Balaban J connectivity index is 1.17. The van der Waals surface area contributed by atoms with Gasteiger partial charge in [0.2, 0.25) is 40.7 Å². The van der Waals surface area contributed by atoms with Gasteiger partial charge in [-0.2, -0.15) is 8.78 Å². The molecule has 1 heterocycles. The molecule has 1 N–H and O–H groups in total. The number of halogens is 5. The monoisotopic (exact) mass is 976 g/mol. The molecule has 0 bridgehead atoms. The normalized spacial score (nSPS) is 12.5. The predicted molar refractivity (Wildman–Crippen MR) is 224 cm³/mol. The van der Waals surface area contributed by atoms with Crippen LogP contribution in [0.15, 0.2) is 12.2 Å². The van der Waals surface area contributed by atoms with E-state index in [0.717, 1.165) is 6.42 Å². The Morgan fingerprint density at radius 1 is 0.403 bits per heavy atom. The van der Waals surface area contributed by atoms with Crippen LogP contribution in [0, 0.1) is 29.1 Å². The molecule has 0 radical (unpaired) electrons. The molecule has 24 heteroatoms. The average Bonchev–Trinajstić information content (AvgIpc) is 3.64. The highest BCUT2D eigenvalue weighted by Crippen LogP contribution is 2.29.